The third-order valence-corrected chi connectivity index (χ3v) is 10.1. The van der Waals surface area contributed by atoms with E-state index in [4.69, 9.17) is 0 Å². The molecule has 0 bridgehead atoms. The van der Waals surface area contributed by atoms with Crippen LogP contribution < -0.4 is 0 Å². The Morgan fingerprint density at radius 1 is 0.919 bits per heavy atom. The van der Waals surface area contributed by atoms with E-state index in [1.165, 1.54) is 63.4 Å². The molecule has 7 atom stereocenters. The standard InChI is InChI=1S/C30H50O.3C2H6/c1-8-17-29(6)24(16-19-31)20-23(9-2)28-26-14-13-25(22(5)12-10-11-21(3)4)30(26,7)18-15-27(28)29;3*1-2/h16,19-22,25-28H,8-15,17-18H2,1-7H3;3*1-2H3/b24-16-;;;. The molecule has 2 saturated carbocycles. The van der Waals surface area contributed by atoms with Gasteiger partial charge in [0.2, 0.25) is 0 Å². The van der Waals surface area contributed by atoms with Gasteiger partial charge in [0.25, 0.3) is 0 Å². The molecule has 3 aliphatic carbocycles. The molecule has 7 unspecified atom stereocenters. The maximum atomic E-state index is 11.5. The molecular formula is C36H68O. The van der Waals surface area contributed by atoms with Crippen LogP contribution in [0.4, 0.5) is 0 Å². The number of rotatable bonds is 9. The van der Waals surface area contributed by atoms with E-state index in [1.807, 2.05) is 47.6 Å². The first-order valence-electron chi connectivity index (χ1n) is 16.6. The fourth-order valence-electron chi connectivity index (χ4n) is 8.57. The van der Waals surface area contributed by atoms with Crippen molar-refractivity contribution in [2.45, 2.75) is 154 Å². The summed E-state index contributed by atoms with van der Waals surface area (Å²) in [5.41, 5.74) is 3.64. The Morgan fingerprint density at radius 2 is 1.54 bits per heavy atom. The summed E-state index contributed by atoms with van der Waals surface area (Å²) >= 11 is 0. The van der Waals surface area contributed by atoms with Gasteiger partial charge in [-0.25, -0.2) is 0 Å². The molecule has 1 heteroatoms. The molecule has 0 spiro atoms. The highest BCUT2D eigenvalue weighted by molar-refractivity contribution is 5.68. The van der Waals surface area contributed by atoms with Crippen LogP contribution in [0.25, 0.3) is 0 Å². The minimum Gasteiger partial charge on any atom is -0.299 e. The Balaban J connectivity index is 0.00000201. The number of aldehydes is 1. The van der Waals surface area contributed by atoms with Gasteiger partial charge in [-0.05, 0) is 96.5 Å². The Morgan fingerprint density at radius 3 is 2.05 bits per heavy atom. The van der Waals surface area contributed by atoms with Crippen molar-refractivity contribution in [1.82, 2.24) is 0 Å². The molecule has 218 valence electrons. The molecule has 0 heterocycles. The molecule has 0 aliphatic heterocycles. The van der Waals surface area contributed by atoms with E-state index in [0.717, 1.165) is 42.3 Å². The van der Waals surface area contributed by atoms with Gasteiger partial charge >= 0.3 is 0 Å². The summed E-state index contributed by atoms with van der Waals surface area (Å²) in [5.74, 6) is 4.87. The number of carbonyl (C=O) groups excluding carboxylic acids is 1. The summed E-state index contributed by atoms with van der Waals surface area (Å²) in [6.45, 7) is 29.1. The molecule has 37 heavy (non-hydrogen) atoms. The average Bonchev–Trinajstić information content (AvgIpc) is 3.26. The zero-order valence-electron chi connectivity index (χ0n) is 27.7. The molecule has 0 N–H and O–H groups in total. The number of carbonyl (C=O) groups is 1. The second kappa shape index (κ2) is 17.7. The maximum Gasteiger partial charge on any atom is 0.143 e. The second-order valence-corrected chi connectivity index (χ2v) is 12.3. The quantitative estimate of drug-likeness (QED) is 0.220. The van der Waals surface area contributed by atoms with Crippen LogP contribution in [0.2, 0.25) is 0 Å². The lowest BCUT2D eigenvalue weighted by molar-refractivity contribution is -0.104. The fraction of sp³-hybridized carbons (Fsp3) is 0.861. The fourth-order valence-corrected chi connectivity index (χ4v) is 8.57. The van der Waals surface area contributed by atoms with Crippen molar-refractivity contribution >= 4 is 6.29 Å². The minimum atomic E-state index is 0.168. The van der Waals surface area contributed by atoms with Gasteiger partial charge in [0.15, 0.2) is 0 Å². The number of fused-ring (bicyclic) bond motifs is 3. The first kappa shape index (κ1) is 36.1. The Kier molecular flexibility index (Phi) is 17.3. The Bertz CT molecular complexity index is 685. The number of hydrogen-bond acceptors (Lipinski definition) is 1. The van der Waals surface area contributed by atoms with Crippen molar-refractivity contribution in [3.63, 3.8) is 0 Å². The summed E-state index contributed by atoms with van der Waals surface area (Å²) in [5, 5.41) is 0. The largest absolute Gasteiger partial charge is 0.299 e. The molecule has 0 radical (unpaired) electrons. The third kappa shape index (κ3) is 8.08. The maximum absolute atomic E-state index is 11.5. The number of hydrogen-bond donors (Lipinski definition) is 0. The van der Waals surface area contributed by atoms with Crippen LogP contribution in [0.15, 0.2) is 23.3 Å². The summed E-state index contributed by atoms with van der Waals surface area (Å²) < 4.78 is 0. The predicted molar refractivity (Wildman–Crippen MR) is 168 cm³/mol. The molecule has 0 aromatic heterocycles. The van der Waals surface area contributed by atoms with Crippen molar-refractivity contribution in [1.29, 1.82) is 0 Å². The lowest BCUT2D eigenvalue weighted by atomic mass is 9.47. The van der Waals surface area contributed by atoms with Gasteiger partial charge in [-0.15, -0.1) is 0 Å². The lowest BCUT2D eigenvalue weighted by Crippen LogP contribution is -2.50. The van der Waals surface area contributed by atoms with Gasteiger partial charge in [-0.1, -0.05) is 127 Å². The SMILES string of the molecule is CC.CC.CC.CCCC1(C)/C(=C\C=O)C=C(CC)C2C1CCC1(C)C(C(C)CCCC(C)C)CCC21. The van der Waals surface area contributed by atoms with Crippen LogP contribution >= 0.6 is 0 Å². The first-order chi connectivity index (χ1) is 17.7. The highest BCUT2D eigenvalue weighted by Crippen LogP contribution is 2.67. The molecule has 0 amide bonds. The van der Waals surface area contributed by atoms with Crippen LogP contribution in [-0.4, -0.2) is 6.29 Å². The van der Waals surface area contributed by atoms with Gasteiger partial charge in [0.1, 0.15) is 6.29 Å². The Hall–Kier alpha value is -0.850. The van der Waals surface area contributed by atoms with E-state index in [1.54, 1.807) is 5.57 Å². The van der Waals surface area contributed by atoms with Crippen molar-refractivity contribution in [3.05, 3.63) is 23.3 Å². The van der Waals surface area contributed by atoms with Gasteiger partial charge in [0, 0.05) is 0 Å². The zero-order chi connectivity index (χ0) is 28.8. The summed E-state index contributed by atoms with van der Waals surface area (Å²) in [4.78, 5) is 11.5. The van der Waals surface area contributed by atoms with E-state index < -0.39 is 0 Å². The van der Waals surface area contributed by atoms with Crippen molar-refractivity contribution in [3.8, 4) is 0 Å². The van der Waals surface area contributed by atoms with Gasteiger partial charge < -0.3 is 0 Å². The third-order valence-electron chi connectivity index (χ3n) is 10.1. The van der Waals surface area contributed by atoms with Crippen LogP contribution in [0, 0.1) is 46.3 Å². The first-order valence-corrected chi connectivity index (χ1v) is 16.6. The monoisotopic (exact) mass is 517 g/mol. The van der Waals surface area contributed by atoms with Gasteiger partial charge in [-0.2, -0.15) is 0 Å². The van der Waals surface area contributed by atoms with Crippen LogP contribution in [-0.2, 0) is 4.79 Å². The van der Waals surface area contributed by atoms with Crippen molar-refractivity contribution in [2.75, 3.05) is 0 Å². The molecule has 0 aromatic rings. The molecule has 1 nitrogen and oxygen atoms in total. The van der Waals surface area contributed by atoms with E-state index in [-0.39, 0.29) is 5.41 Å². The highest BCUT2D eigenvalue weighted by Gasteiger charge is 2.59. The predicted octanol–water partition coefficient (Wildman–Crippen LogP) is 11.9. The van der Waals surface area contributed by atoms with Crippen LogP contribution in [0.1, 0.15) is 154 Å². The average molecular weight is 517 g/mol. The Labute approximate surface area is 234 Å². The minimum absolute atomic E-state index is 0.168. The highest BCUT2D eigenvalue weighted by atomic mass is 16.1. The summed E-state index contributed by atoms with van der Waals surface area (Å²) in [6, 6.07) is 0. The number of allylic oxidation sites excluding steroid dienone is 4. The van der Waals surface area contributed by atoms with Crippen LogP contribution in [0.3, 0.4) is 0 Å². The lowest BCUT2D eigenvalue weighted by Gasteiger charge is -2.57. The molecule has 3 rings (SSSR count). The van der Waals surface area contributed by atoms with Crippen LogP contribution in [0.5, 0.6) is 0 Å². The molecular weight excluding hydrogens is 448 g/mol. The van der Waals surface area contributed by atoms with Gasteiger partial charge in [-0.3, -0.25) is 4.79 Å². The molecule has 3 aliphatic rings. The zero-order valence-corrected chi connectivity index (χ0v) is 27.7. The van der Waals surface area contributed by atoms with E-state index in [0.29, 0.717) is 11.3 Å². The molecule has 0 saturated heterocycles. The van der Waals surface area contributed by atoms with Crippen molar-refractivity contribution < 1.29 is 4.79 Å². The molecule has 2 fully saturated rings. The van der Waals surface area contributed by atoms with E-state index >= 15 is 0 Å². The summed E-state index contributed by atoms with van der Waals surface area (Å²) in [7, 11) is 0. The van der Waals surface area contributed by atoms with E-state index in [2.05, 4.69) is 54.5 Å². The molecule has 0 aromatic carbocycles. The van der Waals surface area contributed by atoms with Crippen molar-refractivity contribution in [2.24, 2.45) is 46.3 Å². The van der Waals surface area contributed by atoms with E-state index in [9.17, 15) is 4.79 Å². The topological polar surface area (TPSA) is 17.1 Å². The summed E-state index contributed by atoms with van der Waals surface area (Å²) in [6.07, 6.45) is 18.7. The smallest absolute Gasteiger partial charge is 0.143 e. The van der Waals surface area contributed by atoms with Gasteiger partial charge in [0.05, 0.1) is 0 Å². The normalized spacial score (nSPS) is 33.9. The second-order valence-electron chi connectivity index (χ2n) is 12.3.